The first-order chi connectivity index (χ1) is 18.0. The van der Waals surface area contributed by atoms with Crippen molar-refractivity contribution in [3.8, 4) is 22.5 Å². The molecule has 0 spiro atoms. The predicted octanol–water partition coefficient (Wildman–Crippen LogP) is 6.55. The van der Waals surface area contributed by atoms with Crippen LogP contribution in [0.2, 0.25) is 10.0 Å². The Morgan fingerprint density at radius 1 is 0.946 bits per heavy atom. The summed E-state index contributed by atoms with van der Waals surface area (Å²) in [5, 5.41) is 5.92. The lowest BCUT2D eigenvalue weighted by molar-refractivity contribution is 0.0976. The van der Waals surface area contributed by atoms with E-state index < -0.39 is 0 Å². The predicted molar refractivity (Wildman–Crippen MR) is 152 cm³/mol. The van der Waals surface area contributed by atoms with Crippen molar-refractivity contribution in [1.29, 1.82) is 0 Å². The normalized spacial score (nSPS) is 21.1. The van der Waals surface area contributed by atoms with Gasteiger partial charge in [0.15, 0.2) is 0 Å². The number of aromatic amines is 2. The number of anilines is 1. The first-order valence-corrected chi connectivity index (χ1v) is 13.4. The number of para-hydroxylation sites is 2. The number of imidazole rings is 1. The quantitative estimate of drug-likeness (QED) is 0.246. The van der Waals surface area contributed by atoms with E-state index in [1.54, 1.807) is 6.07 Å². The molecule has 8 heteroatoms. The summed E-state index contributed by atoms with van der Waals surface area (Å²) in [6.07, 6.45) is 2.36. The molecule has 0 aliphatic carbocycles. The number of aromatic nitrogens is 3. The molecule has 5 aromatic rings. The van der Waals surface area contributed by atoms with Crippen molar-refractivity contribution >= 4 is 50.8 Å². The molecule has 3 aliphatic heterocycles. The van der Waals surface area contributed by atoms with E-state index in [2.05, 4.69) is 26.3 Å². The summed E-state index contributed by atoms with van der Waals surface area (Å²) in [6, 6.07) is 19.7. The molecule has 3 saturated heterocycles. The van der Waals surface area contributed by atoms with E-state index in [-0.39, 0.29) is 11.6 Å². The maximum absolute atomic E-state index is 13.7. The number of rotatable bonds is 4. The third-order valence-electron chi connectivity index (χ3n) is 7.87. The molecule has 1 atom stereocenters. The van der Waals surface area contributed by atoms with Crippen molar-refractivity contribution in [1.82, 2.24) is 19.9 Å². The zero-order chi connectivity index (χ0) is 25.1. The van der Waals surface area contributed by atoms with Crippen LogP contribution in [-0.2, 0) is 0 Å². The third kappa shape index (κ3) is 4.00. The van der Waals surface area contributed by atoms with Crippen molar-refractivity contribution in [2.24, 2.45) is 5.92 Å². The van der Waals surface area contributed by atoms with Crippen LogP contribution in [0.5, 0.6) is 0 Å². The van der Waals surface area contributed by atoms with Crippen molar-refractivity contribution in [2.75, 3.05) is 25.0 Å². The molecule has 0 unspecified atom stereocenters. The van der Waals surface area contributed by atoms with Crippen molar-refractivity contribution in [3.63, 3.8) is 0 Å². The Bertz CT molecular complexity index is 1680. The second kappa shape index (κ2) is 8.91. The van der Waals surface area contributed by atoms with Gasteiger partial charge >= 0.3 is 0 Å². The average molecular weight is 530 g/mol. The molecular formula is C29H25Cl2N5O. The third-order valence-corrected chi connectivity index (χ3v) is 8.42. The van der Waals surface area contributed by atoms with Crippen molar-refractivity contribution < 1.29 is 0 Å². The highest BCUT2D eigenvalue weighted by Gasteiger charge is 2.35. The Morgan fingerprint density at radius 3 is 2.54 bits per heavy atom. The van der Waals surface area contributed by atoms with Gasteiger partial charge in [0.2, 0.25) is 0 Å². The molecule has 3 fully saturated rings. The van der Waals surface area contributed by atoms with E-state index in [9.17, 15) is 4.79 Å². The Morgan fingerprint density at radius 2 is 1.78 bits per heavy atom. The largest absolute Gasteiger partial charge is 0.379 e. The van der Waals surface area contributed by atoms with Gasteiger partial charge in [-0.1, -0.05) is 53.5 Å². The van der Waals surface area contributed by atoms with Crippen LogP contribution in [0, 0.1) is 5.92 Å². The van der Waals surface area contributed by atoms with Crippen molar-refractivity contribution in [3.05, 3.63) is 81.1 Å². The number of piperidine rings is 3. The molecule has 0 saturated carbocycles. The highest BCUT2D eigenvalue weighted by atomic mass is 35.5. The minimum atomic E-state index is -0.185. The van der Waals surface area contributed by atoms with Gasteiger partial charge in [0.05, 0.1) is 22.2 Å². The van der Waals surface area contributed by atoms with Gasteiger partial charge in [-0.05, 0) is 67.7 Å². The maximum Gasteiger partial charge on any atom is 0.261 e. The van der Waals surface area contributed by atoms with E-state index in [0.29, 0.717) is 27.4 Å². The average Bonchev–Trinajstić information content (AvgIpc) is 3.33. The highest BCUT2D eigenvalue weighted by molar-refractivity contribution is 6.36. The topological polar surface area (TPSA) is 76.8 Å². The first-order valence-electron chi connectivity index (χ1n) is 12.6. The molecule has 2 aromatic heterocycles. The zero-order valence-corrected chi connectivity index (χ0v) is 21.5. The molecule has 8 rings (SSSR count). The van der Waals surface area contributed by atoms with Gasteiger partial charge in [-0.15, -0.1) is 0 Å². The monoisotopic (exact) mass is 529 g/mol. The van der Waals surface area contributed by atoms with Gasteiger partial charge < -0.3 is 20.2 Å². The molecule has 2 bridgehead atoms. The molecule has 3 N–H and O–H groups in total. The molecule has 0 radical (unpaired) electrons. The van der Waals surface area contributed by atoms with Crippen LogP contribution in [0.15, 0.2) is 65.5 Å². The highest BCUT2D eigenvalue weighted by Crippen LogP contribution is 2.38. The number of nitrogens with zero attached hydrogens (tertiary/aromatic N) is 2. The van der Waals surface area contributed by atoms with Crippen LogP contribution in [0.4, 0.5) is 5.69 Å². The van der Waals surface area contributed by atoms with Gasteiger partial charge in [-0.2, -0.15) is 0 Å². The number of fused-ring (bicyclic) bond motifs is 5. The number of benzene rings is 3. The van der Waals surface area contributed by atoms with Crippen LogP contribution in [0.1, 0.15) is 12.8 Å². The second-order valence-electron chi connectivity index (χ2n) is 10.1. The molecule has 37 heavy (non-hydrogen) atoms. The molecule has 186 valence electrons. The molecular weight excluding hydrogens is 505 g/mol. The SMILES string of the molecule is O=c1[nH]c2cc(-c3ccc(Cl)cc3Cl)ccc2c(N[C@H]2CN3CCC2CC3)c1-c1nc2ccccc2[nH]1. The maximum atomic E-state index is 13.7. The zero-order valence-electron chi connectivity index (χ0n) is 20.0. The first kappa shape index (κ1) is 22.8. The molecule has 0 amide bonds. The fourth-order valence-electron chi connectivity index (χ4n) is 5.95. The number of halogens is 2. The Balaban J connectivity index is 1.41. The van der Waals surface area contributed by atoms with Gasteiger partial charge in [0, 0.05) is 33.6 Å². The summed E-state index contributed by atoms with van der Waals surface area (Å²) in [5.74, 6) is 1.16. The van der Waals surface area contributed by atoms with Crippen LogP contribution in [0.25, 0.3) is 44.5 Å². The lowest BCUT2D eigenvalue weighted by Crippen LogP contribution is -2.53. The van der Waals surface area contributed by atoms with Crippen molar-refractivity contribution in [2.45, 2.75) is 18.9 Å². The fraction of sp³-hybridized carbons (Fsp3) is 0.241. The van der Waals surface area contributed by atoms with E-state index in [1.165, 1.54) is 12.8 Å². The van der Waals surface area contributed by atoms with Crippen LogP contribution < -0.4 is 10.9 Å². The second-order valence-corrected chi connectivity index (χ2v) is 10.9. The number of pyridine rings is 1. The van der Waals surface area contributed by atoms with Crippen LogP contribution in [0.3, 0.4) is 0 Å². The van der Waals surface area contributed by atoms with E-state index >= 15 is 0 Å². The smallest absolute Gasteiger partial charge is 0.261 e. The molecule has 5 heterocycles. The number of hydrogen-bond acceptors (Lipinski definition) is 4. The molecule has 3 aromatic carbocycles. The Hall–Kier alpha value is -3.32. The summed E-state index contributed by atoms with van der Waals surface area (Å²) in [5.41, 5.74) is 5.43. The summed E-state index contributed by atoms with van der Waals surface area (Å²) in [6.45, 7) is 3.29. The minimum absolute atomic E-state index is 0.185. The summed E-state index contributed by atoms with van der Waals surface area (Å²) in [4.78, 5) is 27.5. The fourth-order valence-corrected chi connectivity index (χ4v) is 6.47. The van der Waals surface area contributed by atoms with Gasteiger partial charge in [0.1, 0.15) is 11.4 Å². The molecule has 3 aliphatic rings. The van der Waals surface area contributed by atoms with E-state index in [4.69, 9.17) is 28.2 Å². The van der Waals surface area contributed by atoms with E-state index in [0.717, 1.165) is 58.4 Å². The lowest BCUT2D eigenvalue weighted by Gasteiger charge is -2.45. The lowest BCUT2D eigenvalue weighted by atomic mass is 9.83. The van der Waals surface area contributed by atoms with E-state index in [1.807, 2.05) is 48.5 Å². The Kier molecular flexibility index (Phi) is 5.50. The Labute approximate surface area is 223 Å². The summed E-state index contributed by atoms with van der Waals surface area (Å²) in [7, 11) is 0. The number of H-pyrrole nitrogens is 2. The van der Waals surface area contributed by atoms with Gasteiger partial charge in [-0.25, -0.2) is 4.98 Å². The van der Waals surface area contributed by atoms with Gasteiger partial charge in [0.25, 0.3) is 5.56 Å². The minimum Gasteiger partial charge on any atom is -0.379 e. The van der Waals surface area contributed by atoms with Crippen LogP contribution in [-0.4, -0.2) is 45.5 Å². The molecule has 6 nitrogen and oxygen atoms in total. The standard InChI is InChI=1S/C29H25Cl2N5O/c30-18-6-8-19(21(31)14-18)17-5-7-20-24(13-17)35-29(37)26(28-33-22-3-1-2-4-23(22)34-28)27(20)32-25-15-36-11-9-16(25)10-12-36/h1-8,13-14,16,25H,9-12,15H2,(H,33,34)(H2,32,35,37)/t25-/m0/s1. The van der Waals surface area contributed by atoms with Crippen LogP contribution >= 0.6 is 23.2 Å². The number of hydrogen-bond donors (Lipinski definition) is 3. The van der Waals surface area contributed by atoms with Gasteiger partial charge in [-0.3, -0.25) is 4.79 Å². The summed E-state index contributed by atoms with van der Waals surface area (Å²) < 4.78 is 0. The summed E-state index contributed by atoms with van der Waals surface area (Å²) >= 11 is 12.6. The number of nitrogens with one attached hydrogen (secondary N) is 3.